The monoisotopic (exact) mass is 355 g/mol. The van der Waals surface area contributed by atoms with Gasteiger partial charge in [-0.25, -0.2) is 0 Å². The lowest BCUT2D eigenvalue weighted by molar-refractivity contribution is 0.112. The first kappa shape index (κ1) is 21.6. The lowest BCUT2D eigenvalue weighted by atomic mass is 9.97. The van der Waals surface area contributed by atoms with Crippen LogP contribution in [0.4, 0.5) is 0 Å². The Morgan fingerprint density at radius 3 is 2.31 bits per heavy atom. The number of allylic oxidation sites excluding steroid dienone is 1. The van der Waals surface area contributed by atoms with Crippen LogP contribution >= 0.6 is 0 Å². The first-order valence-corrected chi connectivity index (χ1v) is 8.77. The average Bonchev–Trinajstić information content (AvgIpc) is 2.69. The zero-order chi connectivity index (χ0) is 19.5. The van der Waals surface area contributed by atoms with Gasteiger partial charge >= 0.3 is 0 Å². The second-order valence-corrected chi connectivity index (χ2v) is 6.08. The predicted molar refractivity (Wildman–Crippen MR) is 108 cm³/mol. The first-order valence-electron chi connectivity index (χ1n) is 8.77. The van der Waals surface area contributed by atoms with Gasteiger partial charge in [0.05, 0.1) is 6.61 Å². The van der Waals surface area contributed by atoms with E-state index in [1.807, 2.05) is 19.1 Å². The molecule has 0 spiro atoms. The molecule has 1 atom stereocenters. The van der Waals surface area contributed by atoms with Crippen LogP contribution in [0.1, 0.15) is 41.8 Å². The molecule has 0 saturated heterocycles. The summed E-state index contributed by atoms with van der Waals surface area (Å²) in [5.74, 6) is 0. The van der Waals surface area contributed by atoms with Gasteiger partial charge in [0.1, 0.15) is 6.29 Å². The van der Waals surface area contributed by atoms with Gasteiger partial charge in [0.2, 0.25) is 0 Å². The fraction of sp³-hybridized carbons (Fsp3) is 0.318. The molecule has 0 aliphatic carbocycles. The third-order valence-corrected chi connectivity index (χ3v) is 3.87. The second-order valence-electron chi connectivity index (χ2n) is 6.08. The summed E-state index contributed by atoms with van der Waals surface area (Å²) in [6, 6.07) is 14.1. The summed E-state index contributed by atoms with van der Waals surface area (Å²) in [6.45, 7) is 6.10. The largest absolute Gasteiger partial charge is 0.400 e. The van der Waals surface area contributed by atoms with Crippen molar-refractivity contribution in [1.82, 2.24) is 5.32 Å². The first-order chi connectivity index (χ1) is 12.6. The zero-order valence-corrected chi connectivity index (χ0v) is 16.0. The minimum absolute atomic E-state index is 0.0505. The van der Waals surface area contributed by atoms with E-state index in [-0.39, 0.29) is 12.6 Å². The molecule has 0 aromatic heterocycles. The summed E-state index contributed by atoms with van der Waals surface area (Å²) in [7, 11) is 1.00. The Labute approximate surface area is 156 Å². The highest BCUT2D eigenvalue weighted by molar-refractivity contribution is 5.83. The molecule has 4 nitrogen and oxygen atoms in total. The van der Waals surface area contributed by atoms with Crippen LogP contribution in [-0.4, -0.2) is 36.3 Å². The van der Waals surface area contributed by atoms with Crippen LogP contribution < -0.4 is 5.32 Å². The van der Waals surface area contributed by atoms with E-state index in [2.05, 4.69) is 55.6 Å². The van der Waals surface area contributed by atoms with E-state index in [1.165, 1.54) is 5.56 Å². The van der Waals surface area contributed by atoms with Crippen LogP contribution in [-0.2, 0) is 0 Å². The van der Waals surface area contributed by atoms with Gasteiger partial charge in [0.25, 0.3) is 0 Å². The third-order valence-electron chi connectivity index (χ3n) is 3.87. The number of aliphatic hydroxyl groups excluding tert-OH is 2. The number of aliphatic hydroxyl groups is 2. The average molecular weight is 355 g/mol. The molecule has 0 saturated carbocycles. The summed E-state index contributed by atoms with van der Waals surface area (Å²) in [4.78, 5) is 11.4. The third kappa shape index (κ3) is 6.14. The molecule has 2 aromatic carbocycles. The number of nitrogens with one attached hydrogen (secondary N) is 1. The van der Waals surface area contributed by atoms with Gasteiger partial charge < -0.3 is 15.5 Å². The minimum atomic E-state index is -0.0505. The van der Waals surface area contributed by atoms with Crippen molar-refractivity contribution in [3.63, 3.8) is 0 Å². The Bertz CT molecular complexity index is 721. The number of aldehydes is 1. The summed E-state index contributed by atoms with van der Waals surface area (Å²) >= 11 is 0. The van der Waals surface area contributed by atoms with Crippen molar-refractivity contribution < 1.29 is 15.0 Å². The normalized spacial score (nSPS) is 12.0. The summed E-state index contributed by atoms with van der Waals surface area (Å²) in [6.07, 6.45) is 3.82. The number of carbonyl (C=O) groups is 1. The highest BCUT2D eigenvalue weighted by Gasteiger charge is 2.09. The molecule has 0 aliphatic heterocycles. The van der Waals surface area contributed by atoms with E-state index in [9.17, 15) is 9.90 Å². The van der Waals surface area contributed by atoms with Crippen molar-refractivity contribution in [3.05, 3.63) is 65.2 Å². The molecule has 3 N–H and O–H groups in total. The zero-order valence-electron chi connectivity index (χ0n) is 16.0. The van der Waals surface area contributed by atoms with Gasteiger partial charge in [-0.05, 0) is 55.2 Å². The van der Waals surface area contributed by atoms with Gasteiger partial charge in [0, 0.05) is 24.4 Å². The highest BCUT2D eigenvalue weighted by atomic mass is 16.3. The lowest BCUT2D eigenvalue weighted by Crippen LogP contribution is -2.28. The molecule has 0 fully saturated rings. The second kappa shape index (κ2) is 11.2. The van der Waals surface area contributed by atoms with E-state index < -0.39 is 0 Å². The molecule has 4 heteroatoms. The Morgan fingerprint density at radius 2 is 1.77 bits per heavy atom. The van der Waals surface area contributed by atoms with Crippen LogP contribution in [0.5, 0.6) is 0 Å². The molecule has 0 heterocycles. The lowest BCUT2D eigenvalue weighted by Gasteiger charge is -2.18. The summed E-state index contributed by atoms with van der Waals surface area (Å²) in [5.41, 5.74) is 5.83. The van der Waals surface area contributed by atoms with Crippen molar-refractivity contribution in [2.24, 2.45) is 0 Å². The van der Waals surface area contributed by atoms with Gasteiger partial charge in [-0.3, -0.25) is 4.79 Å². The van der Waals surface area contributed by atoms with Gasteiger partial charge in [-0.15, -0.1) is 0 Å². The quantitative estimate of drug-likeness (QED) is 0.661. The number of hydrogen-bond acceptors (Lipinski definition) is 4. The fourth-order valence-electron chi connectivity index (χ4n) is 2.56. The fourth-order valence-corrected chi connectivity index (χ4v) is 2.56. The number of carbonyl (C=O) groups excluding carboxylic acids is 1. The van der Waals surface area contributed by atoms with Gasteiger partial charge in [0.15, 0.2) is 0 Å². The maximum atomic E-state index is 11.4. The Kier molecular flexibility index (Phi) is 9.34. The molecule has 0 bridgehead atoms. The number of benzene rings is 2. The van der Waals surface area contributed by atoms with Crippen molar-refractivity contribution in [2.45, 2.75) is 33.2 Å². The molecular weight excluding hydrogens is 326 g/mol. The number of rotatable bonds is 7. The predicted octanol–water partition coefficient (Wildman–Crippen LogP) is 3.80. The van der Waals surface area contributed by atoms with Crippen LogP contribution in [0, 0.1) is 6.92 Å². The standard InChI is InChI=1S/C21H25NO2.CH4O/c1-4-5-21(22-16(3)13-23)20-11-17(14-24)10-19(12-20)18-8-6-15(2)7-9-18;1-2/h5-12,14,16,22-23H,4,13H2,1-3H3;2H,1H3/b21-5+;. The summed E-state index contributed by atoms with van der Waals surface area (Å²) < 4.78 is 0. The van der Waals surface area contributed by atoms with Crippen molar-refractivity contribution in [2.75, 3.05) is 13.7 Å². The molecular formula is C22H29NO3. The Balaban J connectivity index is 0.00000163. The number of hydrogen-bond donors (Lipinski definition) is 3. The van der Waals surface area contributed by atoms with E-state index in [1.54, 1.807) is 0 Å². The topological polar surface area (TPSA) is 69.6 Å². The molecule has 0 aliphatic rings. The van der Waals surface area contributed by atoms with E-state index >= 15 is 0 Å². The van der Waals surface area contributed by atoms with Crippen molar-refractivity contribution in [3.8, 4) is 11.1 Å². The molecule has 0 amide bonds. The molecule has 2 rings (SSSR count). The van der Waals surface area contributed by atoms with Crippen LogP contribution in [0.3, 0.4) is 0 Å². The van der Waals surface area contributed by atoms with Crippen LogP contribution in [0.25, 0.3) is 16.8 Å². The molecule has 140 valence electrons. The Morgan fingerprint density at radius 1 is 1.12 bits per heavy atom. The van der Waals surface area contributed by atoms with E-state index in [0.717, 1.165) is 42.2 Å². The van der Waals surface area contributed by atoms with Gasteiger partial charge in [-0.1, -0.05) is 42.8 Å². The van der Waals surface area contributed by atoms with Gasteiger partial charge in [-0.2, -0.15) is 0 Å². The smallest absolute Gasteiger partial charge is 0.150 e. The summed E-state index contributed by atoms with van der Waals surface area (Å²) in [5, 5.41) is 19.6. The van der Waals surface area contributed by atoms with Crippen molar-refractivity contribution >= 4 is 12.0 Å². The van der Waals surface area contributed by atoms with E-state index in [0.29, 0.717) is 5.56 Å². The molecule has 1 unspecified atom stereocenters. The molecule has 26 heavy (non-hydrogen) atoms. The maximum Gasteiger partial charge on any atom is 0.150 e. The maximum absolute atomic E-state index is 11.4. The highest BCUT2D eigenvalue weighted by Crippen LogP contribution is 2.25. The SMILES string of the molecule is CC/C=C(/NC(C)CO)c1cc(C=O)cc(-c2ccc(C)cc2)c1.CO. The minimum Gasteiger partial charge on any atom is -0.400 e. The van der Waals surface area contributed by atoms with E-state index in [4.69, 9.17) is 5.11 Å². The molecule has 0 radical (unpaired) electrons. The van der Waals surface area contributed by atoms with Crippen molar-refractivity contribution in [1.29, 1.82) is 0 Å². The van der Waals surface area contributed by atoms with Crippen LogP contribution in [0.2, 0.25) is 0 Å². The Hall–Kier alpha value is -2.43. The number of aryl methyl sites for hydroxylation is 1. The molecule has 2 aromatic rings. The van der Waals surface area contributed by atoms with Crippen LogP contribution in [0.15, 0.2) is 48.5 Å².